The number of halogens is 2. The van der Waals surface area contributed by atoms with Crippen molar-refractivity contribution in [2.24, 2.45) is 0 Å². The summed E-state index contributed by atoms with van der Waals surface area (Å²) in [5.41, 5.74) is -0.346. The van der Waals surface area contributed by atoms with Crippen molar-refractivity contribution in [3.63, 3.8) is 0 Å². The van der Waals surface area contributed by atoms with Crippen molar-refractivity contribution in [3.05, 3.63) is 35.4 Å². The predicted octanol–water partition coefficient (Wildman–Crippen LogP) is 2.88. The smallest absolute Gasteiger partial charge is 0.407 e. The minimum Gasteiger partial charge on any atom is -0.481 e. The van der Waals surface area contributed by atoms with Crippen molar-refractivity contribution >= 4 is 12.1 Å². The lowest BCUT2D eigenvalue weighted by Crippen LogP contribution is -2.41. The first kappa shape index (κ1) is 17.9. The third kappa shape index (κ3) is 6.51. The molecule has 122 valence electrons. The Hall–Kier alpha value is -2.18. The minimum atomic E-state index is -1.12. The van der Waals surface area contributed by atoms with E-state index in [1.165, 1.54) is 6.07 Å². The fourth-order valence-corrected chi connectivity index (χ4v) is 1.81. The monoisotopic (exact) mass is 315 g/mol. The molecule has 0 saturated carbocycles. The van der Waals surface area contributed by atoms with Crippen LogP contribution in [0.1, 0.15) is 32.8 Å². The van der Waals surface area contributed by atoms with Crippen LogP contribution in [0.3, 0.4) is 0 Å². The summed E-state index contributed by atoms with van der Waals surface area (Å²) in [6.07, 6.45) is -1.08. The molecule has 0 fully saturated rings. The van der Waals surface area contributed by atoms with E-state index in [9.17, 15) is 18.4 Å². The topological polar surface area (TPSA) is 75.6 Å². The number of carbonyl (C=O) groups is 2. The zero-order chi connectivity index (χ0) is 16.9. The second kappa shape index (κ2) is 7.20. The van der Waals surface area contributed by atoms with Crippen molar-refractivity contribution in [1.82, 2.24) is 5.32 Å². The lowest BCUT2D eigenvalue weighted by molar-refractivity contribution is -0.137. The van der Waals surface area contributed by atoms with E-state index >= 15 is 0 Å². The Balaban J connectivity index is 2.77. The first-order chi connectivity index (χ1) is 10.1. The molecule has 1 unspecified atom stereocenters. The number of nitrogens with one attached hydrogen (secondary N) is 1. The van der Waals surface area contributed by atoms with Gasteiger partial charge in [0.1, 0.15) is 5.60 Å². The van der Waals surface area contributed by atoms with E-state index in [4.69, 9.17) is 9.84 Å². The Bertz CT molecular complexity index is 555. The van der Waals surface area contributed by atoms with Crippen LogP contribution >= 0.6 is 0 Å². The maximum absolute atomic E-state index is 13.2. The van der Waals surface area contributed by atoms with Crippen LogP contribution < -0.4 is 5.32 Å². The number of carboxylic acid groups (broad SMARTS) is 1. The number of amides is 1. The number of hydrogen-bond donors (Lipinski definition) is 2. The van der Waals surface area contributed by atoms with Gasteiger partial charge in [-0.15, -0.1) is 0 Å². The summed E-state index contributed by atoms with van der Waals surface area (Å²) in [5.74, 6) is -3.13. The molecule has 0 aromatic heterocycles. The van der Waals surface area contributed by atoms with Gasteiger partial charge in [0, 0.05) is 6.04 Å². The third-order valence-corrected chi connectivity index (χ3v) is 2.61. The van der Waals surface area contributed by atoms with E-state index in [1.807, 2.05) is 0 Å². The van der Waals surface area contributed by atoms with Crippen LogP contribution in [-0.4, -0.2) is 28.8 Å². The highest BCUT2D eigenvalue weighted by Crippen LogP contribution is 2.13. The van der Waals surface area contributed by atoms with Gasteiger partial charge in [-0.1, -0.05) is 6.07 Å². The summed E-state index contributed by atoms with van der Waals surface area (Å²) < 4.78 is 31.1. The zero-order valence-electron chi connectivity index (χ0n) is 12.7. The standard InChI is InChI=1S/C15H19F2NO4/c1-15(2,3)22-14(21)18-10(8-13(19)20)6-9-4-5-11(16)12(17)7-9/h4-5,7,10H,6,8H2,1-3H3,(H,18,21)(H,19,20). The molecular formula is C15H19F2NO4. The molecule has 5 nitrogen and oxygen atoms in total. The lowest BCUT2D eigenvalue weighted by Gasteiger charge is -2.23. The van der Waals surface area contributed by atoms with Crippen LogP contribution in [0.25, 0.3) is 0 Å². The van der Waals surface area contributed by atoms with Crippen LogP contribution in [-0.2, 0) is 16.0 Å². The van der Waals surface area contributed by atoms with E-state index in [-0.39, 0.29) is 12.8 Å². The Morgan fingerprint density at radius 3 is 2.41 bits per heavy atom. The molecule has 1 atom stereocenters. The van der Waals surface area contributed by atoms with Gasteiger partial charge >= 0.3 is 12.1 Å². The molecule has 0 bridgehead atoms. The molecular weight excluding hydrogens is 296 g/mol. The first-order valence-electron chi connectivity index (χ1n) is 6.72. The third-order valence-electron chi connectivity index (χ3n) is 2.61. The highest BCUT2D eigenvalue weighted by atomic mass is 19.2. The van der Waals surface area contributed by atoms with Crippen molar-refractivity contribution in [2.45, 2.75) is 45.3 Å². The SMILES string of the molecule is CC(C)(C)OC(=O)NC(CC(=O)O)Cc1ccc(F)c(F)c1. The molecule has 0 aliphatic heterocycles. The van der Waals surface area contributed by atoms with Gasteiger partial charge < -0.3 is 15.2 Å². The second-order valence-electron chi connectivity index (χ2n) is 5.89. The van der Waals surface area contributed by atoms with Gasteiger partial charge in [0.15, 0.2) is 11.6 Å². The maximum atomic E-state index is 13.2. The Morgan fingerprint density at radius 1 is 1.27 bits per heavy atom. The normalized spacial score (nSPS) is 12.6. The fourth-order valence-electron chi connectivity index (χ4n) is 1.81. The molecule has 1 aromatic carbocycles. The molecule has 0 spiro atoms. The summed E-state index contributed by atoms with van der Waals surface area (Å²) >= 11 is 0. The second-order valence-corrected chi connectivity index (χ2v) is 5.89. The summed E-state index contributed by atoms with van der Waals surface area (Å²) in [6.45, 7) is 5.02. The zero-order valence-corrected chi connectivity index (χ0v) is 12.7. The van der Waals surface area contributed by atoms with Gasteiger partial charge in [-0.3, -0.25) is 4.79 Å². The fraction of sp³-hybridized carbons (Fsp3) is 0.467. The predicted molar refractivity (Wildman–Crippen MR) is 75.5 cm³/mol. The van der Waals surface area contributed by atoms with Gasteiger partial charge in [0.25, 0.3) is 0 Å². The number of aliphatic carboxylic acids is 1. The molecule has 22 heavy (non-hydrogen) atoms. The summed E-state index contributed by atoms with van der Waals surface area (Å²) in [7, 11) is 0. The van der Waals surface area contributed by atoms with E-state index in [1.54, 1.807) is 20.8 Å². The number of carboxylic acids is 1. The number of alkyl carbamates (subject to hydrolysis) is 1. The van der Waals surface area contributed by atoms with Gasteiger partial charge in [-0.05, 0) is 44.9 Å². The van der Waals surface area contributed by atoms with Crippen molar-refractivity contribution in [2.75, 3.05) is 0 Å². The number of ether oxygens (including phenoxy) is 1. The molecule has 0 heterocycles. The number of hydrogen-bond acceptors (Lipinski definition) is 3. The van der Waals surface area contributed by atoms with E-state index in [2.05, 4.69) is 5.32 Å². The van der Waals surface area contributed by atoms with Crippen LogP contribution in [0.15, 0.2) is 18.2 Å². The molecule has 1 aromatic rings. The van der Waals surface area contributed by atoms with Crippen LogP contribution in [0.4, 0.5) is 13.6 Å². The first-order valence-corrected chi connectivity index (χ1v) is 6.72. The quantitative estimate of drug-likeness (QED) is 0.876. The molecule has 1 amide bonds. The summed E-state index contributed by atoms with van der Waals surface area (Å²) in [6, 6.07) is 2.47. The molecule has 0 aliphatic rings. The van der Waals surface area contributed by atoms with Gasteiger partial charge in [0.2, 0.25) is 0 Å². The summed E-state index contributed by atoms with van der Waals surface area (Å²) in [5, 5.41) is 11.3. The van der Waals surface area contributed by atoms with Gasteiger partial charge in [0.05, 0.1) is 6.42 Å². The minimum absolute atomic E-state index is 0.0444. The Labute approximate surface area is 127 Å². The van der Waals surface area contributed by atoms with Gasteiger partial charge in [-0.25, -0.2) is 13.6 Å². The Kier molecular flexibility index (Phi) is 5.84. The average Bonchev–Trinajstić information content (AvgIpc) is 2.30. The molecule has 0 saturated heterocycles. The van der Waals surface area contributed by atoms with Crippen molar-refractivity contribution in [3.8, 4) is 0 Å². The molecule has 1 rings (SSSR count). The van der Waals surface area contributed by atoms with Gasteiger partial charge in [-0.2, -0.15) is 0 Å². The highest BCUT2D eigenvalue weighted by molar-refractivity contribution is 5.71. The van der Waals surface area contributed by atoms with Crippen LogP contribution in [0.5, 0.6) is 0 Å². The largest absolute Gasteiger partial charge is 0.481 e. The molecule has 7 heteroatoms. The van der Waals surface area contributed by atoms with E-state index in [0.717, 1.165) is 12.1 Å². The molecule has 2 N–H and O–H groups in total. The number of carbonyl (C=O) groups excluding carboxylic acids is 1. The lowest BCUT2D eigenvalue weighted by atomic mass is 10.0. The number of benzene rings is 1. The summed E-state index contributed by atoms with van der Waals surface area (Å²) in [4.78, 5) is 22.6. The van der Waals surface area contributed by atoms with E-state index in [0.29, 0.717) is 5.56 Å². The average molecular weight is 315 g/mol. The van der Waals surface area contributed by atoms with Crippen molar-refractivity contribution in [1.29, 1.82) is 0 Å². The Morgan fingerprint density at radius 2 is 1.91 bits per heavy atom. The van der Waals surface area contributed by atoms with Crippen molar-refractivity contribution < 1.29 is 28.2 Å². The van der Waals surface area contributed by atoms with E-state index < -0.39 is 35.3 Å². The highest BCUT2D eigenvalue weighted by Gasteiger charge is 2.21. The molecule has 0 aliphatic carbocycles. The van der Waals surface area contributed by atoms with Crippen LogP contribution in [0, 0.1) is 11.6 Å². The molecule has 0 radical (unpaired) electrons. The number of rotatable bonds is 5. The maximum Gasteiger partial charge on any atom is 0.407 e. The van der Waals surface area contributed by atoms with Crippen LogP contribution in [0.2, 0.25) is 0 Å².